The number of amides is 2. The summed E-state index contributed by atoms with van der Waals surface area (Å²) in [5.41, 5.74) is -0.156. The average Bonchev–Trinajstić information content (AvgIpc) is 2.67. The van der Waals surface area contributed by atoms with Crippen LogP contribution >= 0.6 is 0 Å². The molecule has 4 heteroatoms. The van der Waals surface area contributed by atoms with Gasteiger partial charge in [-0.3, -0.25) is 14.5 Å². The fourth-order valence-electron chi connectivity index (χ4n) is 2.25. The van der Waals surface area contributed by atoms with Gasteiger partial charge in [0, 0.05) is 6.42 Å². The van der Waals surface area contributed by atoms with E-state index in [1.807, 2.05) is 37.3 Å². The first kappa shape index (κ1) is 13.7. The van der Waals surface area contributed by atoms with E-state index in [4.69, 9.17) is 0 Å². The fourth-order valence-corrected chi connectivity index (χ4v) is 2.25. The zero-order chi connectivity index (χ0) is 14.0. The summed E-state index contributed by atoms with van der Waals surface area (Å²) in [7, 11) is 0. The van der Waals surface area contributed by atoms with Gasteiger partial charge in [0.15, 0.2) is 0 Å². The summed E-state index contributed by atoms with van der Waals surface area (Å²) in [6.45, 7) is 3.55. The quantitative estimate of drug-likeness (QED) is 0.839. The molecule has 102 valence electrons. The normalized spacial score (nSPS) is 22.7. The smallest absolute Gasteiger partial charge is 0.237 e. The summed E-state index contributed by atoms with van der Waals surface area (Å²) < 4.78 is 0. The number of benzene rings is 1. The largest absolute Gasteiger partial charge is 0.388 e. The van der Waals surface area contributed by atoms with Crippen molar-refractivity contribution in [1.29, 1.82) is 0 Å². The molecule has 1 aromatic rings. The Bertz CT molecular complexity index is 481. The van der Waals surface area contributed by atoms with Crippen LogP contribution in [-0.4, -0.2) is 34.0 Å². The van der Waals surface area contributed by atoms with E-state index in [-0.39, 0.29) is 24.8 Å². The topological polar surface area (TPSA) is 57.6 Å². The maximum atomic E-state index is 12.3. The molecule has 19 heavy (non-hydrogen) atoms. The predicted octanol–water partition coefficient (Wildman–Crippen LogP) is 1.69. The summed E-state index contributed by atoms with van der Waals surface area (Å²) in [5.74, 6) is -0.807. The van der Waals surface area contributed by atoms with Crippen LogP contribution in [0.2, 0.25) is 0 Å². The van der Waals surface area contributed by atoms with Crippen LogP contribution in [0.5, 0.6) is 0 Å². The first-order valence-corrected chi connectivity index (χ1v) is 6.56. The van der Waals surface area contributed by atoms with Gasteiger partial charge in [-0.1, -0.05) is 37.3 Å². The van der Waals surface area contributed by atoms with Crippen molar-refractivity contribution in [3.05, 3.63) is 35.9 Å². The molecule has 0 spiro atoms. The Hall–Kier alpha value is -1.68. The van der Waals surface area contributed by atoms with E-state index in [1.54, 1.807) is 6.92 Å². The van der Waals surface area contributed by atoms with E-state index in [0.717, 1.165) is 5.56 Å². The molecular weight excluding hydrogens is 242 g/mol. The third-order valence-electron chi connectivity index (χ3n) is 3.71. The van der Waals surface area contributed by atoms with Gasteiger partial charge in [0.05, 0.1) is 18.1 Å². The average molecular weight is 261 g/mol. The minimum absolute atomic E-state index is 0.0739. The third kappa shape index (κ3) is 2.84. The number of likely N-dealkylation sites (tertiary alicyclic amines) is 1. The molecule has 1 aromatic carbocycles. The molecule has 2 rings (SSSR count). The molecule has 4 nitrogen and oxygen atoms in total. The highest BCUT2D eigenvalue weighted by Crippen LogP contribution is 2.30. The van der Waals surface area contributed by atoms with E-state index in [9.17, 15) is 14.7 Å². The molecule has 0 saturated carbocycles. The van der Waals surface area contributed by atoms with Gasteiger partial charge in [-0.05, 0) is 18.9 Å². The second-order valence-electron chi connectivity index (χ2n) is 5.34. The van der Waals surface area contributed by atoms with Crippen LogP contribution < -0.4 is 0 Å². The number of hydrogen-bond donors (Lipinski definition) is 1. The van der Waals surface area contributed by atoms with E-state index in [2.05, 4.69) is 0 Å². The van der Waals surface area contributed by atoms with Crippen molar-refractivity contribution in [2.24, 2.45) is 0 Å². The fraction of sp³-hybridized carbons (Fsp3) is 0.467. The molecule has 1 aliphatic rings. The Morgan fingerprint density at radius 2 is 1.95 bits per heavy atom. The maximum Gasteiger partial charge on any atom is 0.237 e. The van der Waals surface area contributed by atoms with Crippen molar-refractivity contribution in [1.82, 2.24) is 4.90 Å². The first-order chi connectivity index (χ1) is 8.94. The van der Waals surface area contributed by atoms with Crippen molar-refractivity contribution in [2.75, 3.05) is 6.54 Å². The number of imide groups is 1. The zero-order valence-corrected chi connectivity index (χ0v) is 11.3. The highest BCUT2D eigenvalue weighted by Gasteiger charge is 2.41. The number of hydrogen-bond acceptors (Lipinski definition) is 3. The van der Waals surface area contributed by atoms with Gasteiger partial charge >= 0.3 is 0 Å². The second kappa shape index (κ2) is 5.13. The van der Waals surface area contributed by atoms with Crippen LogP contribution in [0.1, 0.15) is 38.2 Å². The number of nitrogens with zero attached hydrogens (tertiary/aromatic N) is 1. The van der Waals surface area contributed by atoms with Crippen molar-refractivity contribution >= 4 is 11.8 Å². The van der Waals surface area contributed by atoms with Gasteiger partial charge in [0.1, 0.15) is 0 Å². The van der Waals surface area contributed by atoms with E-state index >= 15 is 0 Å². The lowest BCUT2D eigenvalue weighted by atomic mass is 9.97. The Morgan fingerprint density at radius 1 is 1.32 bits per heavy atom. The van der Waals surface area contributed by atoms with E-state index in [1.165, 1.54) is 4.90 Å². The molecule has 1 aliphatic heterocycles. The minimum Gasteiger partial charge on any atom is -0.388 e. The summed E-state index contributed by atoms with van der Waals surface area (Å²) in [4.78, 5) is 25.5. The molecular formula is C15H19NO3. The van der Waals surface area contributed by atoms with Crippen molar-refractivity contribution < 1.29 is 14.7 Å². The highest BCUT2D eigenvalue weighted by atomic mass is 16.3. The van der Waals surface area contributed by atoms with Crippen LogP contribution in [0.15, 0.2) is 30.3 Å². The Morgan fingerprint density at radius 3 is 2.53 bits per heavy atom. The zero-order valence-electron chi connectivity index (χ0n) is 11.3. The lowest BCUT2D eigenvalue weighted by molar-refractivity contribution is -0.142. The number of β-amino-alcohol motifs (C(OH)–C–C–N with tert-alkyl or cyclic N) is 1. The van der Waals surface area contributed by atoms with Gasteiger partial charge < -0.3 is 5.11 Å². The molecule has 1 saturated heterocycles. The second-order valence-corrected chi connectivity index (χ2v) is 5.34. The van der Waals surface area contributed by atoms with E-state index in [0.29, 0.717) is 6.42 Å². The molecule has 1 heterocycles. The van der Waals surface area contributed by atoms with Gasteiger partial charge in [0.2, 0.25) is 11.8 Å². The Kier molecular flexibility index (Phi) is 3.71. The standard InChI is InChI=1S/C15H19NO3/c1-3-15(2,19)10-16-13(17)9-12(14(16)18)11-7-5-4-6-8-11/h4-8,12,19H,3,9-10H2,1-2H3. The molecule has 0 aliphatic carbocycles. The van der Waals surface area contributed by atoms with Crippen molar-refractivity contribution in [3.8, 4) is 0 Å². The van der Waals surface area contributed by atoms with Crippen LogP contribution in [0, 0.1) is 0 Å². The van der Waals surface area contributed by atoms with Crippen LogP contribution in [0.4, 0.5) is 0 Å². The van der Waals surface area contributed by atoms with Crippen LogP contribution in [0.3, 0.4) is 0 Å². The number of rotatable bonds is 4. The van der Waals surface area contributed by atoms with Crippen LogP contribution in [0.25, 0.3) is 0 Å². The lowest BCUT2D eigenvalue weighted by Crippen LogP contribution is -2.43. The number of aliphatic hydroxyl groups is 1. The Labute approximate surface area is 113 Å². The number of carbonyl (C=O) groups excluding carboxylic acids is 2. The maximum absolute atomic E-state index is 12.3. The van der Waals surface area contributed by atoms with Gasteiger partial charge in [-0.2, -0.15) is 0 Å². The predicted molar refractivity (Wildman–Crippen MR) is 71.4 cm³/mol. The van der Waals surface area contributed by atoms with Crippen molar-refractivity contribution in [2.45, 2.75) is 38.2 Å². The van der Waals surface area contributed by atoms with E-state index < -0.39 is 11.5 Å². The highest BCUT2D eigenvalue weighted by molar-refractivity contribution is 6.06. The molecule has 0 aromatic heterocycles. The minimum atomic E-state index is -1.02. The monoisotopic (exact) mass is 261 g/mol. The van der Waals surface area contributed by atoms with Crippen molar-refractivity contribution in [3.63, 3.8) is 0 Å². The van der Waals surface area contributed by atoms with Gasteiger partial charge in [-0.15, -0.1) is 0 Å². The summed E-state index contributed by atoms with van der Waals surface area (Å²) in [5, 5.41) is 10.0. The SMILES string of the molecule is CCC(C)(O)CN1C(=O)CC(c2ccccc2)C1=O. The first-order valence-electron chi connectivity index (χ1n) is 6.56. The molecule has 1 fully saturated rings. The van der Waals surface area contributed by atoms with Crippen LogP contribution in [-0.2, 0) is 9.59 Å². The summed E-state index contributed by atoms with van der Waals surface area (Å²) >= 11 is 0. The molecule has 1 N–H and O–H groups in total. The van der Waals surface area contributed by atoms with Gasteiger partial charge in [0.25, 0.3) is 0 Å². The number of carbonyl (C=O) groups is 2. The third-order valence-corrected chi connectivity index (χ3v) is 3.71. The summed E-state index contributed by atoms with van der Waals surface area (Å²) in [6, 6.07) is 9.31. The molecule has 2 atom stereocenters. The molecule has 0 radical (unpaired) electrons. The molecule has 2 unspecified atom stereocenters. The summed E-state index contributed by atoms with van der Waals surface area (Å²) in [6.07, 6.45) is 0.697. The Balaban J connectivity index is 2.18. The van der Waals surface area contributed by atoms with Gasteiger partial charge in [-0.25, -0.2) is 0 Å². The molecule has 0 bridgehead atoms. The lowest BCUT2D eigenvalue weighted by Gasteiger charge is -2.26. The molecule has 2 amide bonds.